The Balaban J connectivity index is 1.20. The zero-order chi connectivity index (χ0) is 21.3. The molecule has 0 radical (unpaired) electrons. The third kappa shape index (κ3) is 6.34. The molecule has 0 spiro atoms. The van der Waals surface area contributed by atoms with Crippen LogP contribution >= 0.6 is 0 Å². The molecule has 0 unspecified atom stereocenters. The molecule has 2 aromatic carbocycles. The molecule has 4 heteroatoms. The van der Waals surface area contributed by atoms with Gasteiger partial charge in [0, 0.05) is 17.0 Å². The molecule has 0 aromatic heterocycles. The minimum absolute atomic E-state index is 0.322. The predicted molar refractivity (Wildman–Crippen MR) is 121 cm³/mol. The van der Waals surface area contributed by atoms with Crippen LogP contribution in [0.15, 0.2) is 61.1 Å². The van der Waals surface area contributed by atoms with Gasteiger partial charge in [-0.15, -0.1) is 0 Å². The van der Waals surface area contributed by atoms with Crippen LogP contribution in [0.4, 0.5) is 0 Å². The fraction of sp³-hybridized carbons (Fsp3) is 0.481. The average molecular weight is 423 g/mol. The summed E-state index contributed by atoms with van der Waals surface area (Å²) in [5, 5.41) is 0. The molecule has 2 aliphatic rings. The van der Waals surface area contributed by atoms with Crippen molar-refractivity contribution in [2.24, 2.45) is 5.92 Å². The lowest BCUT2D eigenvalue weighted by atomic mass is 9.98. The summed E-state index contributed by atoms with van der Waals surface area (Å²) in [5.41, 5.74) is 4.82. The number of benzene rings is 2. The third-order valence-corrected chi connectivity index (χ3v) is 6.06. The van der Waals surface area contributed by atoms with E-state index in [2.05, 4.69) is 31.2 Å². The number of rotatable bonds is 10. The van der Waals surface area contributed by atoms with Crippen LogP contribution in [0.1, 0.15) is 73.9 Å². The van der Waals surface area contributed by atoms with Gasteiger partial charge in [0.05, 0.1) is 13.2 Å². The largest absolute Gasteiger partial charge is 0.455 e. The summed E-state index contributed by atoms with van der Waals surface area (Å²) in [6.07, 6.45) is 11.1. The molecule has 2 heterocycles. The van der Waals surface area contributed by atoms with E-state index < -0.39 is 0 Å². The third-order valence-electron chi connectivity index (χ3n) is 6.06. The van der Waals surface area contributed by atoms with Crippen molar-refractivity contribution in [2.45, 2.75) is 64.4 Å². The number of unbranched alkanes of at least 4 members (excludes halogenated alkanes) is 3. The first-order valence-corrected chi connectivity index (χ1v) is 11.7. The van der Waals surface area contributed by atoms with Crippen molar-refractivity contribution in [1.82, 2.24) is 0 Å². The Kier molecular flexibility index (Phi) is 8.03. The minimum Gasteiger partial charge on any atom is -0.455 e. The number of hydrogen-bond acceptors (Lipinski definition) is 4. The van der Waals surface area contributed by atoms with Crippen molar-refractivity contribution in [2.75, 3.05) is 13.2 Å². The topological polar surface area (TPSA) is 36.9 Å². The lowest BCUT2D eigenvalue weighted by Gasteiger charge is -2.30. The van der Waals surface area contributed by atoms with E-state index in [1.165, 1.54) is 43.2 Å². The molecule has 1 fully saturated rings. The normalized spacial score (nSPS) is 21.1. The molecule has 0 aliphatic carbocycles. The van der Waals surface area contributed by atoms with Gasteiger partial charge in [-0.3, -0.25) is 0 Å². The molecule has 166 valence electrons. The number of aryl methyl sites for hydroxylation is 2. The Hall–Kier alpha value is -2.30. The molecule has 31 heavy (non-hydrogen) atoms. The van der Waals surface area contributed by atoms with E-state index >= 15 is 0 Å². The first kappa shape index (κ1) is 21.9. The SMILES string of the molecule is CCCCCCc1ccc(CCC2COC(c3cccc(C4OC=CO4)c3)OC2)cc1. The molecule has 2 aliphatic heterocycles. The molecule has 0 amide bonds. The van der Waals surface area contributed by atoms with Crippen molar-refractivity contribution < 1.29 is 18.9 Å². The fourth-order valence-electron chi connectivity index (χ4n) is 4.15. The summed E-state index contributed by atoms with van der Waals surface area (Å²) >= 11 is 0. The molecule has 0 bridgehead atoms. The van der Waals surface area contributed by atoms with Gasteiger partial charge < -0.3 is 18.9 Å². The van der Waals surface area contributed by atoms with E-state index in [1.807, 2.05) is 24.3 Å². The van der Waals surface area contributed by atoms with Gasteiger partial charge in [-0.25, -0.2) is 0 Å². The first-order chi connectivity index (χ1) is 15.3. The van der Waals surface area contributed by atoms with Crippen molar-refractivity contribution in [1.29, 1.82) is 0 Å². The fourth-order valence-corrected chi connectivity index (χ4v) is 4.15. The number of ether oxygens (including phenoxy) is 4. The summed E-state index contributed by atoms with van der Waals surface area (Å²) in [5.74, 6) is 0.429. The predicted octanol–water partition coefficient (Wildman–Crippen LogP) is 6.62. The summed E-state index contributed by atoms with van der Waals surface area (Å²) in [4.78, 5) is 0. The van der Waals surface area contributed by atoms with E-state index in [-0.39, 0.29) is 12.6 Å². The van der Waals surface area contributed by atoms with Crippen LogP contribution in [0.3, 0.4) is 0 Å². The van der Waals surface area contributed by atoms with Gasteiger partial charge in [-0.2, -0.15) is 0 Å². The maximum Gasteiger partial charge on any atom is 0.266 e. The van der Waals surface area contributed by atoms with E-state index in [0.717, 1.165) is 37.2 Å². The van der Waals surface area contributed by atoms with Crippen LogP contribution in [-0.2, 0) is 31.8 Å². The molecular weight excluding hydrogens is 388 g/mol. The summed E-state index contributed by atoms with van der Waals surface area (Å²) < 4.78 is 22.9. The summed E-state index contributed by atoms with van der Waals surface area (Å²) in [6, 6.07) is 17.2. The van der Waals surface area contributed by atoms with Gasteiger partial charge in [0.2, 0.25) is 0 Å². The standard InChI is InChI=1S/C27H34O4/c1-2-3-4-5-7-21-10-12-22(13-11-21)14-15-23-19-30-27(31-20-23)25-9-6-8-24(18-25)26-28-16-17-29-26/h6,8-13,16-18,23,26-27H,2-5,7,14-15,19-20H2,1H3. The zero-order valence-corrected chi connectivity index (χ0v) is 18.5. The van der Waals surface area contributed by atoms with Crippen molar-refractivity contribution >= 4 is 0 Å². The van der Waals surface area contributed by atoms with Crippen LogP contribution in [0, 0.1) is 5.92 Å². The number of hydrogen-bond donors (Lipinski definition) is 0. The zero-order valence-electron chi connectivity index (χ0n) is 18.5. The van der Waals surface area contributed by atoms with Gasteiger partial charge in [-0.05, 0) is 42.9 Å². The maximum absolute atomic E-state index is 6.05. The lowest BCUT2D eigenvalue weighted by molar-refractivity contribution is -0.206. The van der Waals surface area contributed by atoms with Gasteiger partial charge in [0.15, 0.2) is 6.29 Å². The van der Waals surface area contributed by atoms with Crippen molar-refractivity contribution in [3.63, 3.8) is 0 Å². The van der Waals surface area contributed by atoms with E-state index in [4.69, 9.17) is 18.9 Å². The second-order valence-electron chi connectivity index (χ2n) is 8.58. The second-order valence-corrected chi connectivity index (χ2v) is 8.58. The minimum atomic E-state index is -0.376. The first-order valence-electron chi connectivity index (χ1n) is 11.7. The highest BCUT2D eigenvalue weighted by Crippen LogP contribution is 2.31. The molecular formula is C27H34O4. The lowest BCUT2D eigenvalue weighted by Crippen LogP contribution is -2.27. The molecule has 2 aromatic rings. The van der Waals surface area contributed by atoms with Crippen LogP contribution < -0.4 is 0 Å². The van der Waals surface area contributed by atoms with Crippen molar-refractivity contribution in [3.8, 4) is 0 Å². The summed E-state index contributed by atoms with van der Waals surface area (Å²) in [6.45, 7) is 3.71. The highest BCUT2D eigenvalue weighted by atomic mass is 16.7. The second kappa shape index (κ2) is 11.4. The smallest absolute Gasteiger partial charge is 0.266 e. The van der Waals surface area contributed by atoms with Gasteiger partial charge in [0.25, 0.3) is 6.29 Å². The van der Waals surface area contributed by atoms with E-state index in [0.29, 0.717) is 5.92 Å². The highest BCUT2D eigenvalue weighted by molar-refractivity contribution is 5.26. The molecule has 4 nitrogen and oxygen atoms in total. The molecule has 0 N–H and O–H groups in total. The van der Waals surface area contributed by atoms with Gasteiger partial charge in [0.1, 0.15) is 12.5 Å². The Morgan fingerprint density at radius 1 is 0.742 bits per heavy atom. The quantitative estimate of drug-likeness (QED) is 0.403. The summed E-state index contributed by atoms with van der Waals surface area (Å²) in [7, 11) is 0. The molecule has 0 saturated carbocycles. The Morgan fingerprint density at radius 2 is 1.39 bits per heavy atom. The van der Waals surface area contributed by atoms with Crippen LogP contribution in [0.25, 0.3) is 0 Å². The average Bonchev–Trinajstić information content (AvgIpc) is 3.37. The molecule has 1 saturated heterocycles. The molecule has 0 atom stereocenters. The molecule has 4 rings (SSSR count). The van der Waals surface area contributed by atoms with Gasteiger partial charge in [-0.1, -0.05) is 68.7 Å². The van der Waals surface area contributed by atoms with Gasteiger partial charge >= 0.3 is 0 Å². The van der Waals surface area contributed by atoms with E-state index in [9.17, 15) is 0 Å². The monoisotopic (exact) mass is 422 g/mol. The van der Waals surface area contributed by atoms with Crippen LogP contribution in [0.5, 0.6) is 0 Å². The van der Waals surface area contributed by atoms with Crippen LogP contribution in [0.2, 0.25) is 0 Å². The van der Waals surface area contributed by atoms with Crippen molar-refractivity contribution in [3.05, 3.63) is 83.3 Å². The Morgan fingerprint density at radius 3 is 2.06 bits per heavy atom. The highest BCUT2D eigenvalue weighted by Gasteiger charge is 2.25. The maximum atomic E-state index is 6.05. The van der Waals surface area contributed by atoms with Crippen LogP contribution in [-0.4, -0.2) is 13.2 Å². The Bertz CT molecular complexity index is 813. The Labute approximate surface area is 186 Å². The van der Waals surface area contributed by atoms with E-state index in [1.54, 1.807) is 12.5 Å².